The lowest BCUT2D eigenvalue weighted by atomic mass is 9.95. The largest absolute Gasteiger partial charge is 0.491 e. The number of carbonyl (C=O) groups excluding carboxylic acids is 1. The van der Waals surface area contributed by atoms with Crippen molar-refractivity contribution in [3.63, 3.8) is 0 Å². The Hall–Kier alpha value is -1.02. The van der Waals surface area contributed by atoms with Gasteiger partial charge in [-0.2, -0.15) is 0 Å². The van der Waals surface area contributed by atoms with E-state index in [1.165, 1.54) is 0 Å². The Bertz CT molecular complexity index is 436. The molecular weight excluding hydrogens is 248 g/mol. The highest BCUT2D eigenvalue weighted by atomic mass is 35.5. The molecule has 0 radical (unpaired) electrons. The van der Waals surface area contributed by atoms with E-state index in [1.807, 2.05) is 32.9 Å². The van der Waals surface area contributed by atoms with Crippen molar-refractivity contribution in [1.82, 2.24) is 0 Å². The van der Waals surface area contributed by atoms with Gasteiger partial charge in [0.25, 0.3) is 0 Å². The van der Waals surface area contributed by atoms with Crippen LogP contribution in [0.5, 0.6) is 5.75 Å². The fourth-order valence-electron chi connectivity index (χ4n) is 1.88. The van der Waals surface area contributed by atoms with Crippen molar-refractivity contribution in [3.8, 4) is 5.75 Å². The van der Waals surface area contributed by atoms with Crippen LogP contribution in [0.3, 0.4) is 0 Å². The maximum atomic E-state index is 11.8. The first kappa shape index (κ1) is 15.0. The van der Waals surface area contributed by atoms with E-state index in [9.17, 15) is 4.79 Å². The minimum Gasteiger partial charge on any atom is -0.491 e. The van der Waals surface area contributed by atoms with E-state index in [0.29, 0.717) is 11.5 Å². The molecule has 0 saturated carbocycles. The first-order valence-electron chi connectivity index (χ1n) is 6.27. The molecule has 0 spiro atoms. The number of hydrogen-bond acceptors (Lipinski definition) is 2. The topological polar surface area (TPSA) is 26.3 Å². The molecule has 0 amide bonds. The van der Waals surface area contributed by atoms with Crippen LogP contribution in [-0.4, -0.2) is 17.8 Å². The minimum absolute atomic E-state index is 0.0166. The smallest absolute Gasteiger partial charge is 0.177 e. The number of hydrogen-bond donors (Lipinski definition) is 0. The number of ketones is 1. The van der Waals surface area contributed by atoms with Crippen LogP contribution in [0.1, 0.15) is 55.1 Å². The van der Waals surface area contributed by atoms with Gasteiger partial charge >= 0.3 is 0 Å². The number of benzene rings is 1. The number of ether oxygens (including phenoxy) is 1. The SMILES string of the molecule is Cc1cc(OC(C)C)c(C(C)C)cc1C(=O)CCl. The predicted molar refractivity (Wildman–Crippen MR) is 76.1 cm³/mol. The standard InChI is InChI=1S/C15H21ClO2/c1-9(2)12-7-13(14(17)8-16)11(5)6-15(12)18-10(3)4/h6-7,9-10H,8H2,1-5H3. The summed E-state index contributed by atoms with van der Waals surface area (Å²) >= 11 is 5.63. The molecule has 0 aliphatic carbocycles. The highest BCUT2D eigenvalue weighted by molar-refractivity contribution is 6.30. The average Bonchev–Trinajstić information content (AvgIpc) is 2.27. The summed E-state index contributed by atoms with van der Waals surface area (Å²) in [6.45, 7) is 10.1. The van der Waals surface area contributed by atoms with E-state index in [2.05, 4.69) is 13.8 Å². The van der Waals surface area contributed by atoms with Gasteiger partial charge in [-0.25, -0.2) is 0 Å². The molecular formula is C15H21ClO2. The summed E-state index contributed by atoms with van der Waals surface area (Å²) in [5.41, 5.74) is 2.67. The van der Waals surface area contributed by atoms with E-state index in [0.717, 1.165) is 16.9 Å². The van der Waals surface area contributed by atoms with Crippen molar-refractivity contribution < 1.29 is 9.53 Å². The Morgan fingerprint density at radius 3 is 2.33 bits per heavy atom. The van der Waals surface area contributed by atoms with Crippen LogP contribution in [0, 0.1) is 6.92 Å². The molecule has 18 heavy (non-hydrogen) atoms. The Balaban J connectivity index is 3.29. The Kier molecular flexibility index (Phi) is 5.21. The molecule has 0 unspecified atom stereocenters. The first-order chi connectivity index (χ1) is 8.36. The summed E-state index contributed by atoms with van der Waals surface area (Å²) in [6, 6.07) is 3.86. The summed E-state index contributed by atoms with van der Waals surface area (Å²) in [5.74, 6) is 1.15. The lowest BCUT2D eigenvalue weighted by Gasteiger charge is -2.19. The second-order valence-electron chi connectivity index (χ2n) is 5.08. The van der Waals surface area contributed by atoms with Gasteiger partial charge in [-0.1, -0.05) is 13.8 Å². The highest BCUT2D eigenvalue weighted by Gasteiger charge is 2.16. The molecule has 100 valence electrons. The first-order valence-corrected chi connectivity index (χ1v) is 6.80. The van der Waals surface area contributed by atoms with Crippen LogP contribution in [-0.2, 0) is 0 Å². The van der Waals surface area contributed by atoms with Crippen molar-refractivity contribution in [3.05, 3.63) is 28.8 Å². The molecule has 0 fully saturated rings. The molecule has 0 heterocycles. The van der Waals surface area contributed by atoms with Gasteiger partial charge in [-0.05, 0) is 49.9 Å². The van der Waals surface area contributed by atoms with E-state index >= 15 is 0 Å². The zero-order valence-corrected chi connectivity index (χ0v) is 12.5. The third-order valence-corrected chi connectivity index (χ3v) is 3.01. The van der Waals surface area contributed by atoms with E-state index in [-0.39, 0.29) is 17.8 Å². The molecule has 0 aliphatic rings. The normalized spacial score (nSPS) is 11.1. The van der Waals surface area contributed by atoms with Crippen molar-refractivity contribution >= 4 is 17.4 Å². The number of halogens is 1. The van der Waals surface area contributed by atoms with E-state index in [4.69, 9.17) is 16.3 Å². The number of alkyl halides is 1. The second kappa shape index (κ2) is 6.24. The van der Waals surface area contributed by atoms with Crippen LogP contribution in [0.2, 0.25) is 0 Å². The van der Waals surface area contributed by atoms with Crippen LogP contribution < -0.4 is 4.74 Å². The molecule has 0 aromatic heterocycles. The van der Waals surface area contributed by atoms with Crippen LogP contribution >= 0.6 is 11.6 Å². The molecule has 3 heteroatoms. The van der Waals surface area contributed by atoms with Crippen molar-refractivity contribution in [2.24, 2.45) is 0 Å². The predicted octanol–water partition coefficient (Wildman–Crippen LogP) is 4.33. The highest BCUT2D eigenvalue weighted by Crippen LogP contribution is 2.30. The molecule has 0 aliphatic heterocycles. The summed E-state index contributed by atoms with van der Waals surface area (Å²) in [6.07, 6.45) is 0.122. The van der Waals surface area contributed by atoms with Gasteiger partial charge in [0.1, 0.15) is 5.75 Å². The molecule has 1 rings (SSSR count). The lowest BCUT2D eigenvalue weighted by molar-refractivity contribution is 0.102. The van der Waals surface area contributed by atoms with E-state index < -0.39 is 0 Å². The van der Waals surface area contributed by atoms with Crippen LogP contribution in [0.25, 0.3) is 0 Å². The van der Waals surface area contributed by atoms with Gasteiger partial charge in [0.2, 0.25) is 0 Å². The van der Waals surface area contributed by atoms with Gasteiger partial charge < -0.3 is 4.74 Å². The van der Waals surface area contributed by atoms with Gasteiger partial charge in [-0.15, -0.1) is 11.6 Å². The lowest BCUT2D eigenvalue weighted by Crippen LogP contribution is -2.11. The second-order valence-corrected chi connectivity index (χ2v) is 5.35. The molecule has 1 aromatic rings. The van der Waals surface area contributed by atoms with Crippen LogP contribution in [0.15, 0.2) is 12.1 Å². The third kappa shape index (κ3) is 3.49. The average molecular weight is 269 g/mol. The monoisotopic (exact) mass is 268 g/mol. The number of aryl methyl sites for hydroxylation is 1. The molecule has 2 nitrogen and oxygen atoms in total. The van der Waals surface area contributed by atoms with E-state index in [1.54, 1.807) is 0 Å². The summed E-state index contributed by atoms with van der Waals surface area (Å²) in [5, 5.41) is 0. The molecule has 0 bridgehead atoms. The Labute approximate surface area is 114 Å². The van der Waals surface area contributed by atoms with Crippen molar-refractivity contribution in [2.45, 2.75) is 46.6 Å². The Morgan fingerprint density at radius 2 is 1.89 bits per heavy atom. The van der Waals surface area contributed by atoms with Crippen LogP contribution in [0.4, 0.5) is 0 Å². The minimum atomic E-state index is -0.0350. The summed E-state index contributed by atoms with van der Waals surface area (Å²) in [4.78, 5) is 11.8. The molecule has 0 atom stereocenters. The zero-order valence-electron chi connectivity index (χ0n) is 11.7. The van der Waals surface area contributed by atoms with Gasteiger partial charge in [0.05, 0.1) is 12.0 Å². The van der Waals surface area contributed by atoms with Gasteiger partial charge in [0, 0.05) is 5.56 Å². The fraction of sp³-hybridized carbons (Fsp3) is 0.533. The Morgan fingerprint density at radius 1 is 1.28 bits per heavy atom. The van der Waals surface area contributed by atoms with Gasteiger partial charge in [0.15, 0.2) is 5.78 Å². The third-order valence-electron chi connectivity index (χ3n) is 2.76. The zero-order chi connectivity index (χ0) is 13.9. The van der Waals surface area contributed by atoms with Crippen molar-refractivity contribution in [2.75, 3.05) is 5.88 Å². The number of rotatable bonds is 5. The molecule has 0 saturated heterocycles. The quantitative estimate of drug-likeness (QED) is 0.587. The van der Waals surface area contributed by atoms with Gasteiger partial charge in [-0.3, -0.25) is 4.79 Å². The maximum absolute atomic E-state index is 11.8. The summed E-state index contributed by atoms with van der Waals surface area (Å²) in [7, 11) is 0. The number of Topliss-reactive ketones (excluding diaryl/α,β-unsaturated/α-hetero) is 1. The van der Waals surface area contributed by atoms with Crippen molar-refractivity contribution in [1.29, 1.82) is 0 Å². The fourth-order valence-corrected chi connectivity index (χ4v) is 2.02. The maximum Gasteiger partial charge on any atom is 0.177 e. The molecule has 0 N–H and O–H groups in total. The summed E-state index contributed by atoms with van der Waals surface area (Å²) < 4.78 is 5.81. The molecule has 1 aromatic carbocycles. The number of carbonyl (C=O) groups is 1.